The molecule has 0 atom stereocenters. The van der Waals surface area contributed by atoms with Crippen LogP contribution in [0.25, 0.3) is 11.4 Å². The van der Waals surface area contributed by atoms with Gasteiger partial charge in [0.1, 0.15) is 0 Å². The highest BCUT2D eigenvalue weighted by Crippen LogP contribution is 2.26. The Hall–Kier alpha value is -1.53. The fourth-order valence-electron chi connectivity index (χ4n) is 3.47. The Bertz CT molecular complexity index is 756. The number of piperidine rings is 1. The van der Waals surface area contributed by atoms with Crippen molar-refractivity contribution in [1.29, 1.82) is 0 Å². The van der Waals surface area contributed by atoms with Crippen LogP contribution in [0.5, 0.6) is 0 Å². The zero-order chi connectivity index (χ0) is 19.8. The first-order valence-corrected chi connectivity index (χ1v) is 11.6. The smallest absolute Gasteiger partial charge is 0.233 e. The molecule has 0 unspecified atom stereocenters. The van der Waals surface area contributed by atoms with Crippen molar-refractivity contribution in [1.82, 2.24) is 19.7 Å². The minimum absolute atomic E-state index is 0.207. The van der Waals surface area contributed by atoms with E-state index in [0.717, 1.165) is 55.4 Å². The van der Waals surface area contributed by atoms with Crippen molar-refractivity contribution in [2.75, 3.05) is 18.8 Å². The monoisotopic (exact) mass is 420 g/mol. The Morgan fingerprint density at radius 3 is 2.54 bits per heavy atom. The van der Waals surface area contributed by atoms with Gasteiger partial charge in [-0.15, -0.1) is 10.2 Å². The molecule has 0 spiro atoms. The second kappa shape index (κ2) is 10.9. The number of amides is 1. The summed E-state index contributed by atoms with van der Waals surface area (Å²) in [4.78, 5) is 14.5. The predicted octanol–water partition coefficient (Wildman–Crippen LogP) is 5.28. The van der Waals surface area contributed by atoms with E-state index in [1.54, 1.807) is 0 Å². The van der Waals surface area contributed by atoms with Crippen LogP contribution in [0.15, 0.2) is 29.4 Å². The van der Waals surface area contributed by atoms with Gasteiger partial charge in [0.15, 0.2) is 11.0 Å². The Labute approximate surface area is 176 Å². The van der Waals surface area contributed by atoms with Crippen LogP contribution in [0, 0.1) is 0 Å². The lowest BCUT2D eigenvalue weighted by molar-refractivity contribution is -0.129. The van der Waals surface area contributed by atoms with E-state index in [2.05, 4.69) is 21.7 Å². The van der Waals surface area contributed by atoms with E-state index in [0.29, 0.717) is 10.8 Å². The molecular weight excluding hydrogens is 392 g/mol. The van der Waals surface area contributed by atoms with Crippen molar-refractivity contribution in [3.63, 3.8) is 0 Å². The van der Waals surface area contributed by atoms with Crippen molar-refractivity contribution in [2.24, 2.45) is 0 Å². The van der Waals surface area contributed by atoms with E-state index in [4.69, 9.17) is 11.6 Å². The Kier molecular flexibility index (Phi) is 8.22. The van der Waals surface area contributed by atoms with Gasteiger partial charge in [0.05, 0.1) is 5.75 Å². The molecule has 0 aliphatic carbocycles. The molecule has 152 valence electrons. The molecule has 1 fully saturated rings. The Balaban J connectivity index is 1.71. The van der Waals surface area contributed by atoms with Crippen LogP contribution in [0.2, 0.25) is 5.02 Å². The zero-order valence-corrected chi connectivity index (χ0v) is 18.1. The van der Waals surface area contributed by atoms with Gasteiger partial charge in [-0.1, -0.05) is 49.5 Å². The van der Waals surface area contributed by atoms with Gasteiger partial charge in [0.25, 0.3) is 0 Å². The highest BCUT2D eigenvalue weighted by atomic mass is 35.5. The van der Waals surface area contributed by atoms with Gasteiger partial charge in [-0.25, -0.2) is 0 Å². The second-order valence-corrected chi connectivity index (χ2v) is 8.63. The van der Waals surface area contributed by atoms with Crippen molar-refractivity contribution in [2.45, 2.75) is 63.6 Å². The summed E-state index contributed by atoms with van der Waals surface area (Å²) in [5.74, 6) is 1.48. The number of carbonyl (C=O) groups is 1. The van der Waals surface area contributed by atoms with Crippen molar-refractivity contribution in [3.8, 4) is 11.4 Å². The number of halogens is 1. The number of thioether (sulfide) groups is 1. The molecule has 1 aromatic carbocycles. The lowest BCUT2D eigenvalue weighted by Gasteiger charge is -2.26. The predicted molar refractivity (Wildman–Crippen MR) is 116 cm³/mol. The molecule has 1 aromatic heterocycles. The first-order valence-electron chi connectivity index (χ1n) is 10.3. The third-order valence-electron chi connectivity index (χ3n) is 5.09. The molecule has 3 rings (SSSR count). The average Bonchev–Trinajstić information content (AvgIpc) is 3.13. The summed E-state index contributed by atoms with van der Waals surface area (Å²) in [6.07, 6.45) is 8.17. The number of aromatic nitrogens is 3. The molecule has 2 heterocycles. The SMILES string of the molecule is CCCCCCn1c(SCC(=O)N2CCCCC2)nnc1-c1ccc(Cl)cc1. The van der Waals surface area contributed by atoms with Crippen LogP contribution in [-0.2, 0) is 11.3 Å². The molecule has 0 N–H and O–H groups in total. The van der Waals surface area contributed by atoms with Gasteiger partial charge in [-0.3, -0.25) is 4.79 Å². The van der Waals surface area contributed by atoms with E-state index in [-0.39, 0.29) is 5.91 Å². The fraction of sp³-hybridized carbons (Fsp3) is 0.571. The van der Waals surface area contributed by atoms with Crippen LogP contribution in [0.3, 0.4) is 0 Å². The number of hydrogen-bond donors (Lipinski definition) is 0. The summed E-state index contributed by atoms with van der Waals surface area (Å²) in [6, 6.07) is 7.70. The third-order valence-corrected chi connectivity index (χ3v) is 6.29. The minimum Gasteiger partial charge on any atom is -0.342 e. The number of benzene rings is 1. The number of likely N-dealkylation sites (tertiary alicyclic amines) is 1. The maximum atomic E-state index is 12.5. The molecule has 5 nitrogen and oxygen atoms in total. The van der Waals surface area contributed by atoms with Crippen LogP contribution >= 0.6 is 23.4 Å². The van der Waals surface area contributed by atoms with E-state index >= 15 is 0 Å². The molecule has 2 aromatic rings. The van der Waals surface area contributed by atoms with Crippen molar-refractivity contribution >= 4 is 29.3 Å². The van der Waals surface area contributed by atoms with Gasteiger partial charge in [-0.2, -0.15) is 0 Å². The Morgan fingerprint density at radius 2 is 1.82 bits per heavy atom. The molecule has 28 heavy (non-hydrogen) atoms. The summed E-state index contributed by atoms with van der Waals surface area (Å²) in [7, 11) is 0. The summed E-state index contributed by atoms with van der Waals surface area (Å²) in [6.45, 7) is 4.86. The van der Waals surface area contributed by atoms with Crippen LogP contribution in [0.1, 0.15) is 51.9 Å². The average molecular weight is 421 g/mol. The van der Waals surface area contributed by atoms with Gasteiger partial charge >= 0.3 is 0 Å². The molecule has 1 saturated heterocycles. The van der Waals surface area contributed by atoms with Crippen LogP contribution in [0.4, 0.5) is 0 Å². The van der Waals surface area contributed by atoms with Gasteiger partial charge in [0.2, 0.25) is 5.91 Å². The largest absolute Gasteiger partial charge is 0.342 e. The number of carbonyl (C=O) groups excluding carboxylic acids is 1. The topological polar surface area (TPSA) is 51.0 Å². The number of nitrogens with zero attached hydrogens (tertiary/aromatic N) is 4. The standard InChI is InChI=1S/C21H29ClN4OS/c1-2-3-4-8-15-26-20(17-9-11-18(22)12-10-17)23-24-21(26)28-16-19(27)25-13-6-5-7-14-25/h9-12H,2-8,13-16H2,1H3. The highest BCUT2D eigenvalue weighted by molar-refractivity contribution is 7.99. The van der Waals surface area contributed by atoms with Crippen molar-refractivity contribution in [3.05, 3.63) is 29.3 Å². The molecule has 1 aliphatic rings. The number of rotatable bonds is 9. The lowest BCUT2D eigenvalue weighted by atomic mass is 10.1. The van der Waals surface area contributed by atoms with Crippen LogP contribution in [-0.4, -0.2) is 44.4 Å². The number of unbranched alkanes of at least 4 members (excludes halogenated alkanes) is 3. The molecule has 7 heteroatoms. The summed E-state index contributed by atoms with van der Waals surface area (Å²) in [5.41, 5.74) is 1.00. The second-order valence-electron chi connectivity index (χ2n) is 7.26. The summed E-state index contributed by atoms with van der Waals surface area (Å²) < 4.78 is 2.16. The molecule has 0 bridgehead atoms. The summed E-state index contributed by atoms with van der Waals surface area (Å²) >= 11 is 7.54. The maximum absolute atomic E-state index is 12.5. The highest BCUT2D eigenvalue weighted by Gasteiger charge is 2.19. The number of hydrogen-bond acceptors (Lipinski definition) is 4. The Morgan fingerprint density at radius 1 is 1.07 bits per heavy atom. The molecule has 0 saturated carbocycles. The fourth-order valence-corrected chi connectivity index (χ4v) is 4.46. The first-order chi connectivity index (χ1) is 13.7. The van der Waals surface area contributed by atoms with Gasteiger partial charge < -0.3 is 9.47 Å². The van der Waals surface area contributed by atoms with Gasteiger partial charge in [-0.05, 0) is 49.9 Å². The quantitative estimate of drug-likeness (QED) is 0.409. The van der Waals surface area contributed by atoms with Gasteiger partial charge in [0, 0.05) is 30.2 Å². The first kappa shape index (κ1) is 21.2. The summed E-state index contributed by atoms with van der Waals surface area (Å²) in [5, 5.41) is 10.4. The lowest BCUT2D eigenvalue weighted by Crippen LogP contribution is -2.36. The van der Waals surface area contributed by atoms with Crippen molar-refractivity contribution < 1.29 is 4.79 Å². The third kappa shape index (κ3) is 5.74. The molecule has 1 aliphatic heterocycles. The van der Waals surface area contributed by atoms with E-state index in [9.17, 15) is 4.79 Å². The van der Waals surface area contributed by atoms with E-state index in [1.807, 2.05) is 29.2 Å². The zero-order valence-electron chi connectivity index (χ0n) is 16.6. The molecule has 0 radical (unpaired) electrons. The minimum atomic E-state index is 0.207. The maximum Gasteiger partial charge on any atom is 0.233 e. The van der Waals surface area contributed by atoms with E-state index < -0.39 is 0 Å². The normalized spacial score (nSPS) is 14.4. The van der Waals surface area contributed by atoms with Crippen LogP contribution < -0.4 is 0 Å². The molecular formula is C21H29ClN4OS. The van der Waals surface area contributed by atoms with E-state index in [1.165, 1.54) is 37.4 Å². The molecule has 1 amide bonds.